The van der Waals surface area contributed by atoms with Crippen molar-refractivity contribution in [2.45, 2.75) is 33.7 Å². The van der Waals surface area contributed by atoms with Gasteiger partial charge in [-0.3, -0.25) is 4.98 Å². The Morgan fingerprint density at radius 1 is 1.14 bits per heavy atom. The predicted octanol–water partition coefficient (Wildman–Crippen LogP) is 2.01. The fourth-order valence-electron chi connectivity index (χ4n) is 3.09. The van der Waals surface area contributed by atoms with Crippen LogP contribution in [0.2, 0.25) is 0 Å². The summed E-state index contributed by atoms with van der Waals surface area (Å²) >= 11 is 0. The van der Waals surface area contributed by atoms with Crippen LogP contribution in [0.1, 0.15) is 27.9 Å². The molecular formula is C16H18N6. The van der Waals surface area contributed by atoms with Gasteiger partial charge in [-0.05, 0) is 31.9 Å². The highest BCUT2D eigenvalue weighted by Crippen LogP contribution is 2.27. The van der Waals surface area contributed by atoms with Crippen LogP contribution in [0.3, 0.4) is 0 Å². The SMILES string of the molecule is Cc1cnc2c(c1)CN(c1nn3cnnc3c(C)c1C)CC2. The standard InChI is InChI=1S/C16H18N6/c1-10-6-13-8-21(5-4-14(13)17-7-10)16-12(3)11(2)15-19-18-9-22(15)20-16/h6-7,9H,4-5,8H2,1-3H3. The van der Waals surface area contributed by atoms with Gasteiger partial charge in [-0.25, -0.2) is 0 Å². The Hall–Kier alpha value is -2.50. The summed E-state index contributed by atoms with van der Waals surface area (Å²) in [6, 6.07) is 2.23. The van der Waals surface area contributed by atoms with Crippen LogP contribution in [0.15, 0.2) is 18.6 Å². The number of rotatable bonds is 1. The Morgan fingerprint density at radius 2 is 2.00 bits per heavy atom. The fourth-order valence-corrected chi connectivity index (χ4v) is 3.09. The van der Waals surface area contributed by atoms with Crippen molar-refractivity contribution < 1.29 is 0 Å². The maximum absolute atomic E-state index is 4.71. The molecule has 0 N–H and O–H groups in total. The van der Waals surface area contributed by atoms with Crippen LogP contribution in [0.4, 0.5) is 5.82 Å². The molecule has 0 aliphatic carbocycles. The van der Waals surface area contributed by atoms with Gasteiger partial charge in [-0.15, -0.1) is 15.3 Å². The summed E-state index contributed by atoms with van der Waals surface area (Å²) in [4.78, 5) is 6.88. The first-order chi connectivity index (χ1) is 10.6. The molecule has 112 valence electrons. The van der Waals surface area contributed by atoms with Crippen molar-refractivity contribution in [2.75, 3.05) is 11.4 Å². The first-order valence-electron chi connectivity index (χ1n) is 7.50. The number of pyridine rings is 1. The van der Waals surface area contributed by atoms with E-state index >= 15 is 0 Å². The molecule has 3 aromatic heterocycles. The Labute approximate surface area is 128 Å². The van der Waals surface area contributed by atoms with Crippen LogP contribution in [0, 0.1) is 20.8 Å². The molecule has 0 unspecified atom stereocenters. The van der Waals surface area contributed by atoms with Crippen molar-refractivity contribution in [1.82, 2.24) is 24.8 Å². The second-order valence-electron chi connectivity index (χ2n) is 5.96. The highest BCUT2D eigenvalue weighted by molar-refractivity contribution is 5.59. The molecule has 0 bridgehead atoms. The first-order valence-corrected chi connectivity index (χ1v) is 7.50. The average Bonchev–Trinajstić information content (AvgIpc) is 2.98. The number of nitrogens with zero attached hydrogens (tertiary/aromatic N) is 6. The number of anilines is 1. The summed E-state index contributed by atoms with van der Waals surface area (Å²) in [6.45, 7) is 8.06. The molecule has 1 aliphatic rings. The molecular weight excluding hydrogens is 276 g/mol. The van der Waals surface area contributed by atoms with E-state index in [2.05, 4.69) is 46.9 Å². The minimum Gasteiger partial charge on any atom is -0.350 e. The number of aryl methyl sites for hydroxylation is 2. The summed E-state index contributed by atoms with van der Waals surface area (Å²) in [5, 5.41) is 12.8. The lowest BCUT2D eigenvalue weighted by Crippen LogP contribution is -2.32. The minimum absolute atomic E-state index is 0.830. The lowest BCUT2D eigenvalue weighted by Gasteiger charge is -2.30. The maximum atomic E-state index is 4.71. The molecule has 0 fully saturated rings. The van der Waals surface area contributed by atoms with Crippen molar-refractivity contribution in [3.63, 3.8) is 0 Å². The van der Waals surface area contributed by atoms with Crippen molar-refractivity contribution in [2.24, 2.45) is 0 Å². The highest BCUT2D eigenvalue weighted by atomic mass is 15.4. The van der Waals surface area contributed by atoms with E-state index in [-0.39, 0.29) is 0 Å². The van der Waals surface area contributed by atoms with Crippen molar-refractivity contribution in [3.8, 4) is 0 Å². The zero-order valence-corrected chi connectivity index (χ0v) is 13.0. The topological polar surface area (TPSA) is 59.2 Å². The van der Waals surface area contributed by atoms with E-state index in [0.29, 0.717) is 0 Å². The Kier molecular flexibility index (Phi) is 2.85. The third kappa shape index (κ3) is 1.94. The van der Waals surface area contributed by atoms with Gasteiger partial charge in [0.05, 0.1) is 0 Å². The summed E-state index contributed by atoms with van der Waals surface area (Å²) in [5.41, 5.74) is 6.85. The Morgan fingerprint density at radius 3 is 2.86 bits per heavy atom. The summed E-state index contributed by atoms with van der Waals surface area (Å²) in [5.74, 6) is 1.01. The second kappa shape index (κ2) is 4.76. The first kappa shape index (κ1) is 13.2. The highest BCUT2D eigenvalue weighted by Gasteiger charge is 2.22. The molecule has 0 saturated heterocycles. The maximum Gasteiger partial charge on any atom is 0.180 e. The molecule has 0 saturated carbocycles. The Bertz CT molecular complexity index is 866. The summed E-state index contributed by atoms with van der Waals surface area (Å²) < 4.78 is 1.77. The number of aromatic nitrogens is 5. The number of hydrogen-bond donors (Lipinski definition) is 0. The van der Waals surface area contributed by atoms with Gasteiger partial charge in [0.15, 0.2) is 11.5 Å². The van der Waals surface area contributed by atoms with E-state index in [1.54, 1.807) is 10.8 Å². The smallest absolute Gasteiger partial charge is 0.180 e. The van der Waals surface area contributed by atoms with Crippen LogP contribution in [-0.4, -0.2) is 31.3 Å². The van der Waals surface area contributed by atoms with Gasteiger partial charge < -0.3 is 4.90 Å². The quantitative estimate of drug-likeness (QED) is 0.687. The van der Waals surface area contributed by atoms with Crippen molar-refractivity contribution in [1.29, 1.82) is 0 Å². The van der Waals surface area contributed by atoms with Gasteiger partial charge in [0.1, 0.15) is 6.33 Å². The van der Waals surface area contributed by atoms with Crippen molar-refractivity contribution >= 4 is 11.5 Å². The number of fused-ring (bicyclic) bond motifs is 2. The van der Waals surface area contributed by atoms with Crippen LogP contribution in [0.25, 0.3) is 5.65 Å². The average molecular weight is 294 g/mol. The normalized spacial score (nSPS) is 14.4. The molecule has 1 aliphatic heterocycles. The molecule has 0 aromatic carbocycles. The lowest BCUT2D eigenvalue weighted by atomic mass is 10.0. The fraction of sp³-hybridized carbons (Fsp3) is 0.375. The van der Waals surface area contributed by atoms with E-state index in [1.165, 1.54) is 22.4 Å². The molecule has 0 atom stereocenters. The van der Waals surface area contributed by atoms with Gasteiger partial charge in [0.2, 0.25) is 0 Å². The minimum atomic E-state index is 0.830. The predicted molar refractivity (Wildman–Crippen MR) is 84.0 cm³/mol. The van der Waals surface area contributed by atoms with Gasteiger partial charge in [0, 0.05) is 42.5 Å². The zero-order valence-electron chi connectivity index (χ0n) is 13.0. The van der Waals surface area contributed by atoms with Gasteiger partial charge in [-0.2, -0.15) is 4.52 Å². The largest absolute Gasteiger partial charge is 0.350 e. The van der Waals surface area contributed by atoms with Crippen LogP contribution < -0.4 is 4.90 Å². The second-order valence-corrected chi connectivity index (χ2v) is 5.96. The van der Waals surface area contributed by atoms with Crippen LogP contribution in [0.5, 0.6) is 0 Å². The molecule has 6 nitrogen and oxygen atoms in total. The number of hydrogen-bond acceptors (Lipinski definition) is 5. The zero-order chi connectivity index (χ0) is 15.3. The third-order valence-corrected chi connectivity index (χ3v) is 4.44. The van der Waals surface area contributed by atoms with E-state index < -0.39 is 0 Å². The van der Waals surface area contributed by atoms with E-state index in [0.717, 1.165) is 36.5 Å². The lowest BCUT2D eigenvalue weighted by molar-refractivity contribution is 0.687. The van der Waals surface area contributed by atoms with Crippen molar-refractivity contribution in [3.05, 3.63) is 46.5 Å². The molecule has 0 spiro atoms. The third-order valence-electron chi connectivity index (χ3n) is 4.44. The molecule has 4 heterocycles. The van der Waals surface area contributed by atoms with Gasteiger partial charge in [0.25, 0.3) is 0 Å². The van der Waals surface area contributed by atoms with Gasteiger partial charge >= 0.3 is 0 Å². The molecule has 0 radical (unpaired) electrons. The summed E-state index contributed by atoms with van der Waals surface area (Å²) in [7, 11) is 0. The Balaban J connectivity index is 1.78. The van der Waals surface area contributed by atoms with Crippen LogP contribution in [-0.2, 0) is 13.0 Å². The van der Waals surface area contributed by atoms with E-state index in [4.69, 9.17) is 5.10 Å². The molecule has 3 aromatic rings. The molecule has 4 rings (SSSR count). The molecule has 0 amide bonds. The summed E-state index contributed by atoms with van der Waals surface area (Å²) in [6.07, 6.45) is 4.57. The van der Waals surface area contributed by atoms with Gasteiger partial charge in [-0.1, -0.05) is 6.07 Å². The molecule has 6 heteroatoms. The van der Waals surface area contributed by atoms with E-state index in [1.807, 2.05) is 6.20 Å². The van der Waals surface area contributed by atoms with E-state index in [9.17, 15) is 0 Å². The van der Waals surface area contributed by atoms with Crippen LogP contribution >= 0.6 is 0 Å². The molecule has 22 heavy (non-hydrogen) atoms. The monoisotopic (exact) mass is 294 g/mol.